The number of thioether (sulfide) groups is 1. The summed E-state index contributed by atoms with van der Waals surface area (Å²) >= 11 is 1.21. The number of nitrogens with zero attached hydrogens (tertiary/aromatic N) is 3. The molecule has 192 valence electrons. The first-order chi connectivity index (χ1) is 15.6. The van der Waals surface area contributed by atoms with Crippen LogP contribution in [-0.4, -0.2) is 74.0 Å². The third-order valence-electron chi connectivity index (χ3n) is 4.32. The number of carboxylic acid groups (broad SMARTS) is 1. The van der Waals surface area contributed by atoms with Gasteiger partial charge in [-0.2, -0.15) is 18.2 Å². The first kappa shape index (κ1) is 29.3. The van der Waals surface area contributed by atoms with Gasteiger partial charge in [0.2, 0.25) is 0 Å². The number of carbonyl (C=O) groups is 2. The topological polar surface area (TPSA) is 127 Å². The van der Waals surface area contributed by atoms with Crippen molar-refractivity contribution >= 4 is 34.9 Å². The van der Waals surface area contributed by atoms with E-state index < -0.39 is 18.2 Å². The summed E-state index contributed by atoms with van der Waals surface area (Å²) < 4.78 is 44.6. The smallest absolute Gasteiger partial charge is 0.475 e. The Bertz CT molecular complexity index is 1030. The Kier molecular flexibility index (Phi) is 10.4. The van der Waals surface area contributed by atoms with Crippen molar-refractivity contribution in [2.45, 2.75) is 64.1 Å². The molecule has 2 N–H and O–H groups in total. The molecule has 0 bridgehead atoms. The first-order valence-corrected chi connectivity index (χ1v) is 11.1. The van der Waals surface area contributed by atoms with Crippen molar-refractivity contribution in [1.82, 2.24) is 19.4 Å². The molecule has 0 saturated carbocycles. The maximum Gasteiger partial charge on any atom is 0.490 e. The molecule has 2 aromatic rings. The normalized spacial score (nSPS) is 11.8. The van der Waals surface area contributed by atoms with E-state index in [4.69, 9.17) is 19.4 Å². The van der Waals surface area contributed by atoms with Crippen molar-refractivity contribution in [3.05, 3.63) is 22.6 Å². The molecule has 10 nitrogen and oxygen atoms in total. The van der Waals surface area contributed by atoms with E-state index in [9.17, 15) is 22.8 Å². The Morgan fingerprint density at radius 2 is 1.88 bits per heavy atom. The van der Waals surface area contributed by atoms with Crippen LogP contribution in [0.25, 0.3) is 11.0 Å². The second-order valence-electron chi connectivity index (χ2n) is 8.21. The maximum atomic E-state index is 12.2. The number of aromatic nitrogens is 3. The number of amides is 1. The second kappa shape index (κ2) is 12.1. The molecule has 34 heavy (non-hydrogen) atoms. The summed E-state index contributed by atoms with van der Waals surface area (Å²) in [4.78, 5) is 41.8. The largest absolute Gasteiger partial charge is 0.490 e. The number of rotatable bonds is 7. The highest BCUT2D eigenvalue weighted by atomic mass is 32.2. The Balaban J connectivity index is 0.000000718. The average Bonchev–Trinajstić information content (AvgIpc) is 3.18. The molecule has 2 aromatic heterocycles. The van der Waals surface area contributed by atoms with Gasteiger partial charge in [-0.1, -0.05) is 0 Å². The van der Waals surface area contributed by atoms with Gasteiger partial charge in [0.05, 0.1) is 18.2 Å². The van der Waals surface area contributed by atoms with E-state index in [1.54, 1.807) is 13.2 Å². The summed E-state index contributed by atoms with van der Waals surface area (Å²) in [6.45, 7) is 10.7. The van der Waals surface area contributed by atoms with Gasteiger partial charge < -0.3 is 29.0 Å². The average molecular weight is 511 g/mol. The highest BCUT2D eigenvalue weighted by Gasteiger charge is 2.38. The monoisotopic (exact) mass is 510 g/mol. The summed E-state index contributed by atoms with van der Waals surface area (Å²) in [5, 5.41) is 7.62. The Morgan fingerprint density at radius 1 is 1.29 bits per heavy atom. The van der Waals surface area contributed by atoms with Gasteiger partial charge in [-0.25, -0.2) is 9.59 Å². The van der Waals surface area contributed by atoms with Crippen LogP contribution in [0, 0.1) is 0 Å². The number of hydrogen-bond acceptors (Lipinski definition) is 7. The minimum absolute atomic E-state index is 0.0622. The summed E-state index contributed by atoms with van der Waals surface area (Å²) in [6.07, 6.45) is -3.68. The summed E-state index contributed by atoms with van der Waals surface area (Å²) in [5.74, 6) is -2.69. The van der Waals surface area contributed by atoms with E-state index in [1.165, 1.54) is 16.7 Å². The molecule has 0 radical (unpaired) electrons. The summed E-state index contributed by atoms with van der Waals surface area (Å²) in [7, 11) is 1.69. The predicted octanol–water partition coefficient (Wildman–Crippen LogP) is 3.70. The SMILES string of the molecule is CC(C)OCCn1c(SCOC(=O)N(C)C(C)(C)C)nc(=O)c2[nH]ccc21.O=C(O)C(F)(F)F. The van der Waals surface area contributed by atoms with Crippen LogP contribution < -0.4 is 5.56 Å². The summed E-state index contributed by atoms with van der Waals surface area (Å²) in [5.41, 5.74) is 0.536. The number of nitrogens with one attached hydrogen (secondary N) is 1. The van der Waals surface area contributed by atoms with Gasteiger partial charge in [0.15, 0.2) is 5.16 Å². The number of ether oxygens (including phenoxy) is 2. The zero-order valence-electron chi connectivity index (χ0n) is 19.7. The molecule has 0 saturated heterocycles. The van der Waals surface area contributed by atoms with Crippen molar-refractivity contribution in [3.8, 4) is 0 Å². The molecule has 0 spiro atoms. The number of aliphatic carboxylic acids is 1. The fourth-order valence-electron chi connectivity index (χ4n) is 2.27. The van der Waals surface area contributed by atoms with Crippen LogP contribution in [0.3, 0.4) is 0 Å². The molecule has 0 aliphatic heterocycles. The Morgan fingerprint density at radius 3 is 2.38 bits per heavy atom. The van der Waals surface area contributed by atoms with E-state index in [-0.39, 0.29) is 23.1 Å². The van der Waals surface area contributed by atoms with Gasteiger partial charge in [0.1, 0.15) is 11.5 Å². The predicted molar refractivity (Wildman–Crippen MR) is 120 cm³/mol. The molecule has 0 aliphatic rings. The van der Waals surface area contributed by atoms with Crippen molar-refractivity contribution in [1.29, 1.82) is 0 Å². The standard InChI is InChI=1S/C18H28N4O4S.C2HF3O2/c1-12(2)25-10-9-22-13-7-8-19-14(13)15(23)20-16(22)27-11-26-17(24)21(6)18(3,4)5;3-2(4,5)1(6)7/h7-8,12,19H,9-11H2,1-6H3;(H,6,7). The van der Waals surface area contributed by atoms with Gasteiger partial charge >= 0.3 is 18.2 Å². The number of fused-ring (bicyclic) bond motifs is 1. The lowest BCUT2D eigenvalue weighted by Crippen LogP contribution is -2.42. The van der Waals surface area contributed by atoms with Crippen LogP contribution in [0.1, 0.15) is 34.6 Å². The molecule has 2 rings (SSSR count). The van der Waals surface area contributed by atoms with E-state index in [0.717, 1.165) is 5.52 Å². The molecule has 1 amide bonds. The fourth-order valence-corrected chi connectivity index (χ4v) is 3.03. The number of aromatic amines is 1. The van der Waals surface area contributed by atoms with Crippen LogP contribution in [0.2, 0.25) is 0 Å². The Labute approximate surface area is 198 Å². The van der Waals surface area contributed by atoms with Crippen LogP contribution in [0.4, 0.5) is 18.0 Å². The zero-order valence-corrected chi connectivity index (χ0v) is 20.5. The molecule has 2 heterocycles. The molecular weight excluding hydrogens is 481 g/mol. The van der Waals surface area contributed by atoms with Crippen LogP contribution in [-0.2, 0) is 20.8 Å². The summed E-state index contributed by atoms with van der Waals surface area (Å²) in [6, 6.07) is 1.83. The molecule has 0 fully saturated rings. The maximum absolute atomic E-state index is 12.2. The number of alkyl halides is 3. The first-order valence-electron chi connectivity index (χ1n) is 10.1. The van der Waals surface area contributed by atoms with Gasteiger partial charge in [-0.05, 0) is 52.4 Å². The molecule has 14 heteroatoms. The van der Waals surface area contributed by atoms with E-state index in [2.05, 4.69) is 9.97 Å². The number of carboxylic acids is 1. The number of hydrogen-bond donors (Lipinski definition) is 2. The third-order valence-corrected chi connectivity index (χ3v) is 5.12. The molecule has 0 aliphatic carbocycles. The minimum atomic E-state index is -5.08. The number of halogens is 3. The highest BCUT2D eigenvalue weighted by molar-refractivity contribution is 7.99. The van der Waals surface area contributed by atoms with E-state index in [0.29, 0.717) is 23.8 Å². The molecule has 0 unspecified atom stereocenters. The lowest BCUT2D eigenvalue weighted by Gasteiger charge is -2.30. The van der Waals surface area contributed by atoms with Gasteiger partial charge in [0.25, 0.3) is 5.56 Å². The highest BCUT2D eigenvalue weighted by Crippen LogP contribution is 2.21. The van der Waals surface area contributed by atoms with Gasteiger partial charge in [0, 0.05) is 25.3 Å². The lowest BCUT2D eigenvalue weighted by molar-refractivity contribution is -0.192. The van der Waals surface area contributed by atoms with Crippen LogP contribution in [0.5, 0.6) is 0 Å². The van der Waals surface area contributed by atoms with Crippen molar-refractivity contribution < 1.29 is 37.3 Å². The van der Waals surface area contributed by atoms with Crippen molar-refractivity contribution in [3.63, 3.8) is 0 Å². The lowest BCUT2D eigenvalue weighted by atomic mass is 10.1. The Hall–Kier alpha value is -2.74. The quantitative estimate of drug-likeness (QED) is 0.328. The molecule has 0 aromatic carbocycles. The van der Waals surface area contributed by atoms with E-state index in [1.807, 2.05) is 45.3 Å². The number of carbonyl (C=O) groups excluding carboxylic acids is 1. The van der Waals surface area contributed by atoms with Gasteiger partial charge in [-0.3, -0.25) is 4.79 Å². The zero-order chi connectivity index (χ0) is 26.3. The second-order valence-corrected chi connectivity index (χ2v) is 9.10. The minimum Gasteiger partial charge on any atom is -0.475 e. The third kappa shape index (κ3) is 8.89. The van der Waals surface area contributed by atoms with Crippen LogP contribution >= 0.6 is 11.8 Å². The van der Waals surface area contributed by atoms with Crippen molar-refractivity contribution in [2.75, 3.05) is 19.6 Å². The van der Waals surface area contributed by atoms with E-state index >= 15 is 0 Å². The van der Waals surface area contributed by atoms with Crippen LogP contribution in [0.15, 0.2) is 22.2 Å². The van der Waals surface area contributed by atoms with Crippen molar-refractivity contribution in [2.24, 2.45) is 0 Å². The number of H-pyrrole nitrogens is 1. The fraction of sp³-hybridized carbons (Fsp3) is 0.600. The van der Waals surface area contributed by atoms with Gasteiger partial charge in [-0.15, -0.1) is 0 Å². The molecular formula is C20H29F3N4O6S. The molecule has 0 atom stereocenters.